The summed E-state index contributed by atoms with van der Waals surface area (Å²) in [6.07, 6.45) is 5.23. The van der Waals surface area contributed by atoms with Crippen LogP contribution >= 0.6 is 11.8 Å². The molecule has 0 amide bonds. The molecule has 1 aromatic carbocycles. The summed E-state index contributed by atoms with van der Waals surface area (Å²) in [6, 6.07) is 4.98. The second-order valence-electron chi connectivity index (χ2n) is 3.35. The molecule has 0 unspecified atom stereocenters. The van der Waals surface area contributed by atoms with Crippen LogP contribution in [0.5, 0.6) is 5.75 Å². The van der Waals surface area contributed by atoms with Crippen LogP contribution in [0.3, 0.4) is 0 Å². The van der Waals surface area contributed by atoms with E-state index in [4.69, 9.17) is 4.74 Å². The quantitative estimate of drug-likeness (QED) is 0.535. The highest BCUT2D eigenvalue weighted by molar-refractivity contribution is 7.98. The molecule has 1 aromatic rings. The van der Waals surface area contributed by atoms with Crippen molar-refractivity contribution in [3.8, 4) is 5.75 Å². The summed E-state index contributed by atoms with van der Waals surface area (Å²) < 4.78 is 18.7. The third kappa shape index (κ3) is 4.12. The van der Waals surface area contributed by atoms with Gasteiger partial charge in [-0.05, 0) is 30.9 Å². The van der Waals surface area contributed by atoms with Crippen LogP contribution in [0.15, 0.2) is 23.1 Å². The van der Waals surface area contributed by atoms with E-state index in [-0.39, 0.29) is 5.82 Å². The zero-order valence-corrected chi connectivity index (χ0v) is 10.1. The topological polar surface area (TPSA) is 9.23 Å². The molecule has 0 bridgehead atoms. The van der Waals surface area contributed by atoms with Gasteiger partial charge in [0.25, 0.3) is 0 Å². The first kappa shape index (κ1) is 12.4. The van der Waals surface area contributed by atoms with Crippen molar-refractivity contribution in [2.75, 3.05) is 12.9 Å². The van der Waals surface area contributed by atoms with Gasteiger partial charge in [0.2, 0.25) is 0 Å². The Morgan fingerprint density at radius 2 is 2.13 bits per heavy atom. The molecular weight excluding hydrogens is 211 g/mol. The Labute approximate surface area is 95.0 Å². The third-order valence-electron chi connectivity index (χ3n) is 2.14. The van der Waals surface area contributed by atoms with E-state index in [2.05, 4.69) is 6.92 Å². The summed E-state index contributed by atoms with van der Waals surface area (Å²) in [5.74, 6) is 0.0993. The molecule has 0 aromatic heterocycles. The minimum absolute atomic E-state index is 0.274. The minimum Gasteiger partial charge on any atom is -0.490 e. The largest absolute Gasteiger partial charge is 0.490 e. The fraction of sp³-hybridized carbons (Fsp3) is 0.500. The van der Waals surface area contributed by atoms with Gasteiger partial charge < -0.3 is 4.74 Å². The molecule has 0 radical (unpaired) electrons. The highest BCUT2D eigenvalue weighted by atomic mass is 32.2. The zero-order valence-electron chi connectivity index (χ0n) is 9.25. The van der Waals surface area contributed by atoms with Crippen LogP contribution in [-0.4, -0.2) is 12.9 Å². The van der Waals surface area contributed by atoms with Crippen LogP contribution in [0.25, 0.3) is 0 Å². The third-order valence-corrected chi connectivity index (χ3v) is 2.87. The number of rotatable bonds is 6. The molecule has 0 N–H and O–H groups in total. The van der Waals surface area contributed by atoms with Crippen LogP contribution in [0.4, 0.5) is 4.39 Å². The molecule has 0 aliphatic heterocycles. The lowest BCUT2D eigenvalue weighted by molar-refractivity contribution is 0.291. The van der Waals surface area contributed by atoms with Crippen LogP contribution in [0.2, 0.25) is 0 Å². The lowest BCUT2D eigenvalue weighted by atomic mass is 10.3. The summed E-state index contributed by atoms with van der Waals surface area (Å²) in [4.78, 5) is 1.03. The monoisotopic (exact) mass is 228 g/mol. The second-order valence-corrected chi connectivity index (χ2v) is 4.23. The van der Waals surface area contributed by atoms with E-state index in [1.54, 1.807) is 23.9 Å². The molecule has 0 aliphatic rings. The Kier molecular flexibility index (Phi) is 5.54. The molecule has 0 aliphatic carbocycles. The number of benzene rings is 1. The normalized spacial score (nSPS) is 10.3. The molecule has 0 heterocycles. The number of hydrogen-bond donors (Lipinski definition) is 0. The Morgan fingerprint density at radius 1 is 1.33 bits per heavy atom. The Morgan fingerprint density at radius 3 is 2.80 bits per heavy atom. The van der Waals surface area contributed by atoms with Gasteiger partial charge in [0, 0.05) is 4.90 Å². The van der Waals surface area contributed by atoms with Gasteiger partial charge in [-0.15, -0.1) is 11.8 Å². The summed E-state index contributed by atoms with van der Waals surface area (Å²) >= 11 is 1.59. The van der Waals surface area contributed by atoms with E-state index >= 15 is 0 Å². The van der Waals surface area contributed by atoms with Gasteiger partial charge >= 0.3 is 0 Å². The van der Waals surface area contributed by atoms with Crippen molar-refractivity contribution in [2.45, 2.75) is 31.1 Å². The zero-order chi connectivity index (χ0) is 11.1. The first-order valence-electron chi connectivity index (χ1n) is 5.24. The molecule has 0 saturated heterocycles. The average Bonchev–Trinajstić information content (AvgIpc) is 2.26. The Balaban J connectivity index is 2.51. The summed E-state index contributed by atoms with van der Waals surface area (Å²) in [5.41, 5.74) is 0. The van der Waals surface area contributed by atoms with Gasteiger partial charge in [-0.3, -0.25) is 0 Å². The SMILES string of the molecule is CCCCCOc1cc(SC)ccc1F. The van der Waals surface area contributed by atoms with Crippen LogP contribution in [-0.2, 0) is 0 Å². The number of ether oxygens (including phenoxy) is 1. The van der Waals surface area contributed by atoms with E-state index in [9.17, 15) is 4.39 Å². The van der Waals surface area contributed by atoms with Crippen molar-refractivity contribution >= 4 is 11.8 Å². The fourth-order valence-electron chi connectivity index (χ4n) is 1.26. The first-order valence-corrected chi connectivity index (χ1v) is 6.46. The predicted molar refractivity (Wildman–Crippen MR) is 63.2 cm³/mol. The first-order chi connectivity index (χ1) is 7.27. The maximum absolute atomic E-state index is 13.3. The van der Waals surface area contributed by atoms with Gasteiger partial charge in [-0.1, -0.05) is 19.8 Å². The second kappa shape index (κ2) is 6.72. The molecule has 15 heavy (non-hydrogen) atoms. The summed E-state index contributed by atoms with van der Waals surface area (Å²) in [6.45, 7) is 2.73. The average molecular weight is 228 g/mol. The maximum atomic E-state index is 13.3. The Bertz CT molecular complexity index is 302. The highest BCUT2D eigenvalue weighted by Crippen LogP contribution is 2.24. The van der Waals surface area contributed by atoms with Gasteiger partial charge in [-0.25, -0.2) is 4.39 Å². The van der Waals surface area contributed by atoms with Crippen LogP contribution in [0, 0.1) is 5.82 Å². The lowest BCUT2D eigenvalue weighted by Crippen LogP contribution is -1.99. The molecule has 1 rings (SSSR count). The minimum atomic E-state index is -0.274. The molecule has 1 nitrogen and oxygen atoms in total. The molecule has 0 saturated carbocycles. The van der Waals surface area contributed by atoms with Gasteiger partial charge in [0.15, 0.2) is 11.6 Å². The molecular formula is C12H17FOS. The maximum Gasteiger partial charge on any atom is 0.165 e. The number of halogens is 1. The van der Waals surface area contributed by atoms with E-state index < -0.39 is 0 Å². The highest BCUT2D eigenvalue weighted by Gasteiger charge is 2.03. The van der Waals surface area contributed by atoms with E-state index in [0.29, 0.717) is 12.4 Å². The summed E-state index contributed by atoms with van der Waals surface area (Å²) in [7, 11) is 0. The van der Waals surface area contributed by atoms with Crippen molar-refractivity contribution in [1.82, 2.24) is 0 Å². The fourth-order valence-corrected chi connectivity index (χ4v) is 1.68. The van der Waals surface area contributed by atoms with Crippen molar-refractivity contribution < 1.29 is 9.13 Å². The van der Waals surface area contributed by atoms with E-state index in [1.807, 2.05) is 6.26 Å². The van der Waals surface area contributed by atoms with Crippen LogP contribution in [0.1, 0.15) is 26.2 Å². The van der Waals surface area contributed by atoms with E-state index in [0.717, 1.165) is 24.2 Å². The van der Waals surface area contributed by atoms with Gasteiger partial charge in [-0.2, -0.15) is 0 Å². The Hall–Kier alpha value is -0.700. The van der Waals surface area contributed by atoms with Crippen molar-refractivity contribution in [2.24, 2.45) is 0 Å². The van der Waals surface area contributed by atoms with Crippen LogP contribution < -0.4 is 4.74 Å². The van der Waals surface area contributed by atoms with Crippen molar-refractivity contribution in [3.05, 3.63) is 24.0 Å². The number of thioether (sulfide) groups is 1. The van der Waals surface area contributed by atoms with Gasteiger partial charge in [0.05, 0.1) is 6.61 Å². The van der Waals surface area contributed by atoms with Crippen molar-refractivity contribution in [1.29, 1.82) is 0 Å². The van der Waals surface area contributed by atoms with Gasteiger partial charge in [0.1, 0.15) is 0 Å². The van der Waals surface area contributed by atoms with E-state index in [1.165, 1.54) is 6.07 Å². The molecule has 0 fully saturated rings. The molecule has 0 atom stereocenters. The predicted octanol–water partition coefficient (Wildman–Crippen LogP) is 4.12. The molecule has 0 spiro atoms. The molecule has 84 valence electrons. The number of unbranched alkanes of at least 4 members (excludes halogenated alkanes) is 2. The lowest BCUT2D eigenvalue weighted by Gasteiger charge is -2.07. The smallest absolute Gasteiger partial charge is 0.165 e. The number of hydrogen-bond acceptors (Lipinski definition) is 2. The molecule has 3 heteroatoms. The van der Waals surface area contributed by atoms with Crippen molar-refractivity contribution in [3.63, 3.8) is 0 Å². The standard InChI is InChI=1S/C12H17FOS/c1-3-4-5-8-14-12-9-10(15-2)6-7-11(12)13/h6-7,9H,3-5,8H2,1-2H3. The summed E-state index contributed by atoms with van der Waals surface area (Å²) in [5, 5.41) is 0.